The highest BCUT2D eigenvalue weighted by molar-refractivity contribution is 7.93. The molecule has 0 saturated heterocycles. The van der Waals surface area contributed by atoms with Gasteiger partial charge >= 0.3 is 0 Å². The molecular weight excluding hydrogens is 307 g/mol. The highest BCUT2D eigenvalue weighted by Gasteiger charge is 2.31. The van der Waals surface area contributed by atoms with Gasteiger partial charge < -0.3 is 5.11 Å². The molecule has 0 heterocycles. The third-order valence-corrected chi connectivity index (χ3v) is 5.64. The number of hydrogen-bond acceptors (Lipinski definition) is 3. The lowest BCUT2D eigenvalue weighted by Gasteiger charge is -2.18. The number of sulfone groups is 1. The summed E-state index contributed by atoms with van der Waals surface area (Å²) >= 11 is 17.3. The monoisotopic (exact) mass is 316 g/mol. The van der Waals surface area contributed by atoms with Crippen molar-refractivity contribution in [3.05, 3.63) is 33.8 Å². The fraction of sp³-hybridized carbons (Fsp3) is 0.400. The lowest BCUT2D eigenvalue weighted by molar-refractivity contribution is 0.192. The summed E-state index contributed by atoms with van der Waals surface area (Å²) in [6, 6.07) is 4.38. The second-order valence-electron chi connectivity index (χ2n) is 3.41. The Morgan fingerprint density at radius 1 is 1.35 bits per heavy atom. The van der Waals surface area contributed by atoms with Crippen LogP contribution in [-0.4, -0.2) is 24.0 Å². The molecule has 0 aliphatic heterocycles. The molecule has 7 heteroatoms. The second-order valence-corrected chi connectivity index (χ2v) is 7.40. The minimum atomic E-state index is -3.55. The van der Waals surface area contributed by atoms with Crippen LogP contribution in [0.5, 0.6) is 0 Å². The van der Waals surface area contributed by atoms with E-state index < -0.39 is 20.7 Å². The van der Waals surface area contributed by atoms with Crippen LogP contribution >= 0.6 is 34.8 Å². The van der Waals surface area contributed by atoms with Gasteiger partial charge in [-0.05, 0) is 12.1 Å². The average Bonchev–Trinajstić information content (AvgIpc) is 2.27. The maximum absolute atomic E-state index is 11.5. The smallest absolute Gasteiger partial charge is 0.169 e. The van der Waals surface area contributed by atoms with Crippen molar-refractivity contribution in [3.8, 4) is 0 Å². The van der Waals surface area contributed by atoms with Crippen LogP contribution in [0.15, 0.2) is 18.2 Å². The number of aliphatic hydroxyl groups excluding tert-OH is 1. The summed E-state index contributed by atoms with van der Waals surface area (Å²) < 4.78 is 21.6. The van der Waals surface area contributed by atoms with Crippen LogP contribution in [-0.2, 0) is 9.84 Å². The summed E-state index contributed by atoms with van der Waals surface area (Å²) in [5.74, 6) is -0.149. The quantitative estimate of drug-likeness (QED) is 0.869. The topological polar surface area (TPSA) is 54.4 Å². The molecule has 1 rings (SSSR count). The highest BCUT2D eigenvalue weighted by atomic mass is 35.5. The number of benzene rings is 1. The maximum Gasteiger partial charge on any atom is 0.169 e. The Balaban J connectivity index is 3.09. The summed E-state index contributed by atoms with van der Waals surface area (Å²) in [5, 5.41) is 10.5. The minimum absolute atomic E-state index is 0.149. The lowest BCUT2D eigenvalue weighted by atomic mass is 10.1. The van der Waals surface area contributed by atoms with Crippen LogP contribution in [0.1, 0.15) is 18.6 Å². The Morgan fingerprint density at radius 3 is 2.41 bits per heavy atom. The maximum atomic E-state index is 11.5. The van der Waals surface area contributed by atoms with Gasteiger partial charge in [0.2, 0.25) is 0 Å². The first-order valence-electron chi connectivity index (χ1n) is 4.78. The molecule has 0 aliphatic rings. The molecule has 0 spiro atoms. The fourth-order valence-electron chi connectivity index (χ4n) is 1.24. The summed E-state index contributed by atoms with van der Waals surface area (Å²) in [4.78, 5) is 0. The molecule has 0 radical (unpaired) electrons. The predicted octanol–water partition coefficient (Wildman–Crippen LogP) is 3.03. The number of hydrogen-bond donors (Lipinski definition) is 1. The van der Waals surface area contributed by atoms with Gasteiger partial charge in [0.1, 0.15) is 6.10 Å². The van der Waals surface area contributed by atoms with Crippen LogP contribution < -0.4 is 0 Å². The third-order valence-electron chi connectivity index (χ3n) is 2.27. The largest absolute Gasteiger partial charge is 0.386 e. The van der Waals surface area contributed by atoms with Crippen molar-refractivity contribution in [2.24, 2.45) is 0 Å². The van der Waals surface area contributed by atoms with Gasteiger partial charge in [-0.15, -0.1) is 11.6 Å². The van der Waals surface area contributed by atoms with Gasteiger partial charge in [0.25, 0.3) is 0 Å². The van der Waals surface area contributed by atoms with Crippen molar-refractivity contribution in [1.82, 2.24) is 0 Å². The molecule has 0 aromatic heterocycles. The van der Waals surface area contributed by atoms with Crippen molar-refractivity contribution < 1.29 is 13.5 Å². The minimum Gasteiger partial charge on any atom is -0.386 e. The molecule has 1 aromatic rings. The van der Waals surface area contributed by atoms with E-state index in [1.807, 2.05) is 0 Å². The number of alkyl halides is 1. The van der Waals surface area contributed by atoms with Crippen LogP contribution in [0.2, 0.25) is 10.0 Å². The van der Waals surface area contributed by atoms with Gasteiger partial charge in [0.15, 0.2) is 14.5 Å². The number of rotatable bonds is 4. The molecule has 1 N–H and O–H groups in total. The van der Waals surface area contributed by atoms with E-state index >= 15 is 0 Å². The first-order chi connectivity index (χ1) is 7.79. The molecular formula is C10H11Cl3O3S. The SMILES string of the molecule is CCS(=O)(=O)[C@@H](Cl)[C@@H](O)c1ccc(Cl)cc1Cl. The molecule has 96 valence electrons. The van der Waals surface area contributed by atoms with Gasteiger partial charge in [0.05, 0.1) is 0 Å². The molecule has 3 nitrogen and oxygen atoms in total. The Morgan fingerprint density at radius 2 is 1.94 bits per heavy atom. The van der Waals surface area contributed by atoms with Crippen molar-refractivity contribution in [3.63, 3.8) is 0 Å². The van der Waals surface area contributed by atoms with E-state index in [1.54, 1.807) is 0 Å². The van der Waals surface area contributed by atoms with Crippen molar-refractivity contribution in [2.45, 2.75) is 17.7 Å². The normalized spacial score (nSPS) is 15.6. The van der Waals surface area contributed by atoms with Crippen LogP contribution in [0.3, 0.4) is 0 Å². The van der Waals surface area contributed by atoms with E-state index in [0.29, 0.717) is 5.02 Å². The molecule has 0 unspecified atom stereocenters. The van der Waals surface area contributed by atoms with E-state index in [-0.39, 0.29) is 16.3 Å². The van der Waals surface area contributed by atoms with Gasteiger partial charge in [-0.1, -0.05) is 36.2 Å². The molecule has 0 aliphatic carbocycles. The highest BCUT2D eigenvalue weighted by Crippen LogP contribution is 2.32. The first-order valence-corrected chi connectivity index (χ1v) is 7.69. The number of halogens is 3. The summed E-state index contributed by atoms with van der Waals surface area (Å²) in [6.07, 6.45) is -1.38. The molecule has 0 bridgehead atoms. The Labute approximate surface area is 115 Å². The van der Waals surface area contributed by atoms with Gasteiger partial charge in [-0.3, -0.25) is 0 Å². The van der Waals surface area contributed by atoms with Crippen LogP contribution in [0.25, 0.3) is 0 Å². The third kappa shape index (κ3) is 3.48. The van der Waals surface area contributed by atoms with E-state index in [4.69, 9.17) is 34.8 Å². The van der Waals surface area contributed by atoms with Gasteiger partial charge in [0, 0.05) is 21.4 Å². The Bertz CT molecular complexity index is 502. The first kappa shape index (κ1) is 15.1. The van der Waals surface area contributed by atoms with Crippen LogP contribution in [0.4, 0.5) is 0 Å². The zero-order valence-electron chi connectivity index (χ0n) is 8.90. The number of aliphatic hydroxyl groups is 1. The Hall–Kier alpha value is -0.000000000000000111. The van der Waals surface area contributed by atoms with E-state index in [2.05, 4.69) is 0 Å². The Kier molecular flexibility index (Phi) is 5.10. The molecule has 1 aromatic carbocycles. The van der Waals surface area contributed by atoms with Crippen molar-refractivity contribution in [1.29, 1.82) is 0 Å². The fourth-order valence-corrected chi connectivity index (χ4v) is 3.13. The standard InChI is InChI=1S/C10H11Cl3O3S/c1-2-17(15,16)10(13)9(14)7-4-3-6(11)5-8(7)12/h3-5,9-10,14H,2H2,1H3/t9-,10+/m0/s1. The zero-order chi connectivity index (χ0) is 13.2. The zero-order valence-corrected chi connectivity index (χ0v) is 12.0. The molecule has 0 fully saturated rings. The van der Waals surface area contributed by atoms with Crippen LogP contribution in [0, 0.1) is 0 Å². The average molecular weight is 318 g/mol. The summed E-state index contributed by atoms with van der Waals surface area (Å²) in [5.41, 5.74) is 0.244. The van der Waals surface area contributed by atoms with E-state index in [9.17, 15) is 13.5 Å². The van der Waals surface area contributed by atoms with Gasteiger partial charge in [-0.25, -0.2) is 8.42 Å². The summed E-state index contributed by atoms with van der Waals surface area (Å²) in [6.45, 7) is 1.46. The predicted molar refractivity (Wildman–Crippen MR) is 70.5 cm³/mol. The summed E-state index contributed by atoms with van der Waals surface area (Å²) in [7, 11) is -3.55. The second kappa shape index (κ2) is 5.76. The van der Waals surface area contributed by atoms with E-state index in [0.717, 1.165) is 0 Å². The molecule has 0 amide bonds. The van der Waals surface area contributed by atoms with Crippen molar-refractivity contribution in [2.75, 3.05) is 5.75 Å². The van der Waals surface area contributed by atoms with Gasteiger partial charge in [-0.2, -0.15) is 0 Å². The van der Waals surface area contributed by atoms with Crippen molar-refractivity contribution >= 4 is 44.6 Å². The van der Waals surface area contributed by atoms with E-state index in [1.165, 1.54) is 25.1 Å². The molecule has 17 heavy (non-hydrogen) atoms. The molecule has 0 saturated carbocycles. The lowest BCUT2D eigenvalue weighted by Crippen LogP contribution is -2.24. The molecule has 2 atom stereocenters.